The van der Waals surface area contributed by atoms with Gasteiger partial charge in [-0.25, -0.2) is 0 Å². The van der Waals surface area contributed by atoms with E-state index in [1.165, 1.54) is 0 Å². The van der Waals surface area contributed by atoms with Gasteiger partial charge < -0.3 is 13.9 Å². The van der Waals surface area contributed by atoms with E-state index in [1.807, 2.05) is 0 Å². The zero-order valence-electron chi connectivity index (χ0n) is 12.7. The van der Waals surface area contributed by atoms with Crippen LogP contribution in [0.4, 0.5) is 0 Å². The van der Waals surface area contributed by atoms with Crippen LogP contribution >= 0.6 is 0 Å². The van der Waals surface area contributed by atoms with Crippen LogP contribution in [0.15, 0.2) is 0 Å². The molecule has 1 aliphatic heterocycles. The molecule has 1 saturated heterocycles. The Morgan fingerprint density at radius 2 is 1.89 bits per heavy atom. The van der Waals surface area contributed by atoms with Gasteiger partial charge in [-0.15, -0.1) is 0 Å². The van der Waals surface area contributed by atoms with Crippen LogP contribution < -0.4 is 0 Å². The summed E-state index contributed by atoms with van der Waals surface area (Å²) in [7, 11) is -1.41. The minimum atomic E-state index is -1.41. The van der Waals surface area contributed by atoms with E-state index in [1.54, 1.807) is 0 Å². The molecule has 0 amide bonds. The maximum absolute atomic E-state index is 11.8. The average molecular weight is 288 g/mol. The summed E-state index contributed by atoms with van der Waals surface area (Å²) < 4.78 is 16.1. The van der Waals surface area contributed by atoms with Crippen LogP contribution in [0.1, 0.15) is 47.0 Å². The summed E-state index contributed by atoms with van der Waals surface area (Å²) >= 11 is 0. The van der Waals surface area contributed by atoms with Gasteiger partial charge in [-0.3, -0.25) is 4.79 Å². The third-order valence-corrected chi connectivity index (χ3v) is 6.37. The molecule has 0 radical (unpaired) electrons. The predicted octanol–water partition coefficient (Wildman–Crippen LogP) is 2.66. The van der Waals surface area contributed by atoms with Crippen molar-refractivity contribution in [1.82, 2.24) is 0 Å². The lowest BCUT2D eigenvalue weighted by Crippen LogP contribution is -2.28. The van der Waals surface area contributed by atoms with Gasteiger partial charge in [-0.05, 0) is 23.9 Å². The Morgan fingerprint density at radius 3 is 2.42 bits per heavy atom. The summed E-state index contributed by atoms with van der Waals surface area (Å²) in [4.78, 5) is 11.8. The quantitative estimate of drug-likeness (QED) is 0.352. The zero-order chi connectivity index (χ0) is 14.3. The van der Waals surface area contributed by atoms with E-state index >= 15 is 0 Å². The Bertz CT molecular complexity index is 256. The van der Waals surface area contributed by atoms with Crippen molar-refractivity contribution >= 4 is 15.0 Å². The topological polar surface area (TPSA) is 48.1 Å². The standard InChI is InChI=1S/C14H28O4Si/c1-11(2)19(12(3)4)18-14(15)7-5-6-8-16-9-13-10-17-13/h11-13,19H,5-10H2,1-4H3. The van der Waals surface area contributed by atoms with Crippen LogP contribution in [0, 0.1) is 0 Å². The van der Waals surface area contributed by atoms with E-state index in [0.717, 1.165) is 19.4 Å². The first kappa shape index (κ1) is 16.7. The van der Waals surface area contributed by atoms with Crippen molar-refractivity contribution in [3.05, 3.63) is 0 Å². The Morgan fingerprint density at radius 1 is 1.26 bits per heavy atom. The van der Waals surface area contributed by atoms with Crippen molar-refractivity contribution in [2.75, 3.05) is 19.8 Å². The molecule has 19 heavy (non-hydrogen) atoms. The van der Waals surface area contributed by atoms with Crippen LogP contribution in [-0.4, -0.2) is 40.9 Å². The lowest BCUT2D eigenvalue weighted by Gasteiger charge is -2.23. The molecule has 1 unspecified atom stereocenters. The second kappa shape index (κ2) is 8.71. The molecule has 1 heterocycles. The molecule has 5 heteroatoms. The van der Waals surface area contributed by atoms with Gasteiger partial charge in [0.15, 0.2) is 0 Å². The number of hydrogen-bond acceptors (Lipinski definition) is 4. The highest BCUT2D eigenvalue weighted by Crippen LogP contribution is 2.21. The second-order valence-corrected chi connectivity index (χ2v) is 9.76. The molecular formula is C14H28O4Si. The van der Waals surface area contributed by atoms with Crippen molar-refractivity contribution in [1.29, 1.82) is 0 Å². The Kier molecular flexibility index (Phi) is 7.64. The molecule has 4 nitrogen and oxygen atoms in total. The van der Waals surface area contributed by atoms with E-state index in [-0.39, 0.29) is 5.97 Å². The van der Waals surface area contributed by atoms with Crippen LogP contribution in [0.3, 0.4) is 0 Å². The van der Waals surface area contributed by atoms with Crippen molar-refractivity contribution in [2.45, 2.75) is 64.1 Å². The largest absolute Gasteiger partial charge is 0.521 e. The molecule has 0 aliphatic carbocycles. The SMILES string of the molecule is CC(C)[SiH](OC(=O)CCCCOCC1CO1)C(C)C. The molecule has 1 aliphatic rings. The fourth-order valence-electron chi connectivity index (χ4n) is 2.11. The number of carbonyl (C=O) groups is 1. The molecule has 0 spiro atoms. The molecule has 0 aromatic rings. The maximum atomic E-state index is 11.8. The number of carbonyl (C=O) groups excluding carboxylic acids is 1. The van der Waals surface area contributed by atoms with Crippen LogP contribution in [-0.2, 0) is 18.7 Å². The second-order valence-electron chi connectivity index (χ2n) is 5.93. The van der Waals surface area contributed by atoms with Gasteiger partial charge in [-0.1, -0.05) is 27.7 Å². The number of ether oxygens (including phenoxy) is 2. The third-order valence-electron chi connectivity index (χ3n) is 3.21. The minimum Gasteiger partial charge on any atom is -0.521 e. The van der Waals surface area contributed by atoms with Crippen LogP contribution in [0.5, 0.6) is 0 Å². The molecule has 0 N–H and O–H groups in total. The molecular weight excluding hydrogens is 260 g/mol. The van der Waals surface area contributed by atoms with Gasteiger partial charge in [-0.2, -0.15) is 0 Å². The highest BCUT2D eigenvalue weighted by Gasteiger charge is 2.24. The number of epoxide rings is 1. The van der Waals surface area contributed by atoms with E-state index < -0.39 is 9.04 Å². The summed E-state index contributed by atoms with van der Waals surface area (Å²) in [5, 5.41) is 0. The third kappa shape index (κ3) is 7.70. The van der Waals surface area contributed by atoms with Gasteiger partial charge in [0.25, 0.3) is 5.97 Å². The minimum absolute atomic E-state index is 0.0235. The van der Waals surface area contributed by atoms with Crippen molar-refractivity contribution in [3.8, 4) is 0 Å². The molecule has 0 bridgehead atoms. The lowest BCUT2D eigenvalue weighted by atomic mass is 10.2. The van der Waals surface area contributed by atoms with Gasteiger partial charge >= 0.3 is 0 Å². The highest BCUT2D eigenvalue weighted by molar-refractivity contribution is 6.56. The number of rotatable bonds is 10. The monoisotopic (exact) mass is 288 g/mol. The van der Waals surface area contributed by atoms with Gasteiger partial charge in [0, 0.05) is 13.0 Å². The summed E-state index contributed by atoms with van der Waals surface area (Å²) in [5.74, 6) is -0.0235. The number of unbranched alkanes of at least 4 members (excludes halogenated alkanes) is 1. The first-order valence-electron chi connectivity index (χ1n) is 7.39. The Labute approximate surface area is 118 Å². The first-order valence-corrected chi connectivity index (χ1v) is 9.20. The van der Waals surface area contributed by atoms with E-state index in [9.17, 15) is 4.79 Å². The van der Waals surface area contributed by atoms with E-state index in [4.69, 9.17) is 13.9 Å². The molecule has 0 aromatic heterocycles. The van der Waals surface area contributed by atoms with Crippen molar-refractivity contribution in [2.24, 2.45) is 0 Å². The fourth-order valence-corrected chi connectivity index (χ4v) is 4.61. The zero-order valence-corrected chi connectivity index (χ0v) is 13.8. The predicted molar refractivity (Wildman–Crippen MR) is 77.8 cm³/mol. The Balaban J connectivity index is 2.02. The highest BCUT2D eigenvalue weighted by atomic mass is 28.3. The summed E-state index contributed by atoms with van der Waals surface area (Å²) in [6.45, 7) is 10.8. The number of hydrogen-bond donors (Lipinski definition) is 0. The molecule has 1 rings (SSSR count). The van der Waals surface area contributed by atoms with Crippen molar-refractivity contribution in [3.63, 3.8) is 0 Å². The van der Waals surface area contributed by atoms with Crippen molar-refractivity contribution < 1.29 is 18.7 Å². The molecule has 1 atom stereocenters. The summed E-state index contributed by atoms with van der Waals surface area (Å²) in [6.07, 6.45) is 2.61. The first-order chi connectivity index (χ1) is 9.00. The van der Waals surface area contributed by atoms with Gasteiger partial charge in [0.2, 0.25) is 9.04 Å². The average Bonchev–Trinajstić information content (AvgIpc) is 3.13. The maximum Gasteiger partial charge on any atom is 0.292 e. The lowest BCUT2D eigenvalue weighted by molar-refractivity contribution is -0.135. The molecule has 1 fully saturated rings. The van der Waals surface area contributed by atoms with Crippen LogP contribution in [0.2, 0.25) is 11.1 Å². The van der Waals surface area contributed by atoms with Crippen LogP contribution in [0.25, 0.3) is 0 Å². The summed E-state index contributed by atoms with van der Waals surface area (Å²) in [6, 6.07) is 0. The Hall–Kier alpha value is -0.393. The van der Waals surface area contributed by atoms with Gasteiger partial charge in [0.05, 0.1) is 13.2 Å². The normalized spacial score (nSPS) is 18.4. The fraction of sp³-hybridized carbons (Fsp3) is 0.929. The van der Waals surface area contributed by atoms with E-state index in [2.05, 4.69) is 27.7 Å². The van der Waals surface area contributed by atoms with E-state index in [0.29, 0.717) is 36.8 Å². The molecule has 0 saturated carbocycles. The smallest absolute Gasteiger partial charge is 0.292 e. The summed E-state index contributed by atoms with van der Waals surface area (Å²) in [5.41, 5.74) is 1.01. The molecule has 112 valence electrons. The molecule has 0 aromatic carbocycles. The van der Waals surface area contributed by atoms with Gasteiger partial charge in [0.1, 0.15) is 6.10 Å².